The molecule has 21 heavy (non-hydrogen) atoms. The Morgan fingerprint density at radius 1 is 1.19 bits per heavy atom. The van der Waals surface area contributed by atoms with Crippen LogP contribution in [0, 0.1) is 0 Å². The van der Waals surface area contributed by atoms with Crippen LogP contribution in [0.25, 0.3) is 10.8 Å². The van der Waals surface area contributed by atoms with Crippen molar-refractivity contribution in [3.8, 4) is 0 Å². The predicted octanol–water partition coefficient (Wildman–Crippen LogP) is 3.70. The number of hydrogen-bond donors (Lipinski definition) is 2. The van der Waals surface area contributed by atoms with Crippen molar-refractivity contribution in [2.75, 3.05) is 11.9 Å². The number of carbonyl (C=O) groups is 2. The average molecular weight is 347 g/mol. The lowest BCUT2D eigenvalue weighted by Crippen LogP contribution is -2.34. The molecule has 1 aliphatic rings. The Bertz CT molecular complexity index is 756. The van der Waals surface area contributed by atoms with Crippen LogP contribution in [0.15, 0.2) is 28.7 Å². The van der Waals surface area contributed by atoms with E-state index in [-0.39, 0.29) is 11.8 Å². The highest BCUT2D eigenvalue weighted by molar-refractivity contribution is 9.10. The van der Waals surface area contributed by atoms with Gasteiger partial charge in [0, 0.05) is 32.9 Å². The van der Waals surface area contributed by atoms with Gasteiger partial charge in [-0.25, -0.2) is 0 Å². The summed E-state index contributed by atoms with van der Waals surface area (Å²) in [6, 6.07) is 7.31. The van der Waals surface area contributed by atoms with Gasteiger partial charge < -0.3 is 5.32 Å². The molecular weight excluding hydrogens is 332 g/mol. The summed E-state index contributed by atoms with van der Waals surface area (Å²) in [6.45, 7) is 2.99. The third-order valence-corrected chi connectivity index (χ3v) is 4.29. The Morgan fingerprint density at radius 2 is 1.95 bits per heavy atom. The number of unbranched alkanes of at least 4 members (excludes halogenated alkanes) is 1. The van der Waals surface area contributed by atoms with Crippen molar-refractivity contribution in [2.24, 2.45) is 0 Å². The smallest absolute Gasteiger partial charge is 0.258 e. The topological polar surface area (TPSA) is 58.2 Å². The quantitative estimate of drug-likeness (QED) is 0.655. The Labute approximate surface area is 131 Å². The second-order valence-corrected chi connectivity index (χ2v) is 5.93. The normalized spacial score (nSPS) is 13.4. The van der Waals surface area contributed by atoms with Crippen molar-refractivity contribution in [1.82, 2.24) is 5.32 Å². The minimum atomic E-state index is -0.343. The molecule has 5 heteroatoms. The third kappa shape index (κ3) is 2.31. The first-order valence-electron chi connectivity index (χ1n) is 6.98. The van der Waals surface area contributed by atoms with Crippen molar-refractivity contribution in [3.05, 3.63) is 39.9 Å². The molecule has 0 saturated heterocycles. The fourth-order valence-electron chi connectivity index (χ4n) is 2.63. The van der Waals surface area contributed by atoms with E-state index in [0.717, 1.165) is 40.3 Å². The fourth-order valence-corrected chi connectivity index (χ4v) is 3.21. The van der Waals surface area contributed by atoms with Gasteiger partial charge in [-0.1, -0.05) is 25.5 Å². The summed E-state index contributed by atoms with van der Waals surface area (Å²) in [4.78, 5) is 24.0. The molecule has 2 amide bonds. The summed E-state index contributed by atoms with van der Waals surface area (Å²) in [7, 11) is 0. The number of anilines is 1. The van der Waals surface area contributed by atoms with Crippen LogP contribution in [0.5, 0.6) is 0 Å². The van der Waals surface area contributed by atoms with Gasteiger partial charge in [-0.05, 0) is 34.5 Å². The van der Waals surface area contributed by atoms with Gasteiger partial charge in [0.15, 0.2) is 0 Å². The van der Waals surface area contributed by atoms with E-state index in [2.05, 4.69) is 33.5 Å². The standard InChI is InChI=1S/C16H15BrN2O2/c1-2-3-7-18-14-9-5-4-6-10-13(9)11(8-12(14)17)16(21)19-15(10)20/h4-6,8,18H,2-3,7H2,1H3,(H,19,20,21). The van der Waals surface area contributed by atoms with E-state index < -0.39 is 0 Å². The number of nitrogens with one attached hydrogen (secondary N) is 2. The predicted molar refractivity (Wildman–Crippen MR) is 86.8 cm³/mol. The van der Waals surface area contributed by atoms with Crippen LogP contribution < -0.4 is 10.6 Å². The summed E-state index contributed by atoms with van der Waals surface area (Å²) >= 11 is 3.53. The monoisotopic (exact) mass is 346 g/mol. The summed E-state index contributed by atoms with van der Waals surface area (Å²) in [5.74, 6) is -0.676. The molecule has 0 saturated carbocycles. The van der Waals surface area contributed by atoms with Gasteiger partial charge in [0.2, 0.25) is 0 Å². The molecule has 3 rings (SSSR count). The molecule has 2 aromatic rings. The largest absolute Gasteiger partial charge is 0.384 e. The maximum Gasteiger partial charge on any atom is 0.258 e. The maximum atomic E-state index is 12.0. The number of hydrogen-bond acceptors (Lipinski definition) is 3. The summed E-state index contributed by atoms with van der Waals surface area (Å²) in [5.41, 5.74) is 2.02. The highest BCUT2D eigenvalue weighted by atomic mass is 79.9. The number of amides is 2. The van der Waals surface area contributed by atoms with Gasteiger partial charge in [-0.2, -0.15) is 0 Å². The zero-order valence-corrected chi connectivity index (χ0v) is 13.2. The van der Waals surface area contributed by atoms with E-state index in [1.807, 2.05) is 12.1 Å². The Hall–Kier alpha value is -1.88. The zero-order chi connectivity index (χ0) is 15.0. The molecule has 0 radical (unpaired) electrons. The molecule has 2 N–H and O–H groups in total. The molecule has 1 heterocycles. The molecule has 4 nitrogen and oxygen atoms in total. The lowest BCUT2D eigenvalue weighted by Gasteiger charge is -2.20. The van der Waals surface area contributed by atoms with Gasteiger partial charge in [-0.15, -0.1) is 0 Å². The highest BCUT2D eigenvalue weighted by Crippen LogP contribution is 2.37. The second-order valence-electron chi connectivity index (χ2n) is 5.07. The zero-order valence-electron chi connectivity index (χ0n) is 11.6. The average Bonchev–Trinajstić information content (AvgIpc) is 2.47. The number of imide groups is 1. The van der Waals surface area contributed by atoms with Crippen LogP contribution >= 0.6 is 15.9 Å². The van der Waals surface area contributed by atoms with Crippen LogP contribution in [-0.2, 0) is 0 Å². The van der Waals surface area contributed by atoms with Crippen molar-refractivity contribution < 1.29 is 9.59 Å². The Kier molecular flexibility index (Phi) is 3.68. The molecule has 0 aliphatic carbocycles. The van der Waals surface area contributed by atoms with E-state index in [1.54, 1.807) is 12.1 Å². The molecule has 2 aromatic carbocycles. The second kappa shape index (κ2) is 5.48. The third-order valence-electron chi connectivity index (χ3n) is 3.66. The van der Waals surface area contributed by atoms with Gasteiger partial charge in [-0.3, -0.25) is 14.9 Å². The Balaban J connectivity index is 2.23. The van der Waals surface area contributed by atoms with E-state index >= 15 is 0 Å². The molecule has 108 valence electrons. The molecule has 0 unspecified atom stereocenters. The molecule has 0 spiro atoms. The minimum Gasteiger partial charge on any atom is -0.384 e. The number of carbonyl (C=O) groups excluding carboxylic acids is 2. The number of rotatable bonds is 4. The van der Waals surface area contributed by atoms with Crippen LogP contribution in [0.3, 0.4) is 0 Å². The van der Waals surface area contributed by atoms with Crippen molar-refractivity contribution in [1.29, 1.82) is 0 Å². The number of halogens is 1. The lowest BCUT2D eigenvalue weighted by atomic mass is 9.94. The first-order valence-corrected chi connectivity index (χ1v) is 7.77. The van der Waals surface area contributed by atoms with Crippen LogP contribution in [0.2, 0.25) is 0 Å². The number of benzene rings is 2. The molecular formula is C16H15BrN2O2. The lowest BCUT2D eigenvalue weighted by molar-refractivity contribution is 0.0845. The maximum absolute atomic E-state index is 12.0. The van der Waals surface area contributed by atoms with Crippen LogP contribution in [0.4, 0.5) is 5.69 Å². The summed E-state index contributed by atoms with van der Waals surface area (Å²) in [6.07, 6.45) is 2.17. The van der Waals surface area contributed by atoms with E-state index in [9.17, 15) is 9.59 Å². The van der Waals surface area contributed by atoms with Crippen molar-refractivity contribution >= 4 is 44.2 Å². The van der Waals surface area contributed by atoms with Gasteiger partial charge in [0.1, 0.15) is 0 Å². The highest BCUT2D eigenvalue weighted by Gasteiger charge is 2.26. The van der Waals surface area contributed by atoms with E-state index in [1.165, 1.54) is 0 Å². The molecule has 0 atom stereocenters. The van der Waals surface area contributed by atoms with Crippen LogP contribution in [-0.4, -0.2) is 18.4 Å². The van der Waals surface area contributed by atoms with Gasteiger partial charge in [0.05, 0.1) is 5.69 Å². The van der Waals surface area contributed by atoms with E-state index in [0.29, 0.717) is 11.1 Å². The first-order chi connectivity index (χ1) is 10.1. The molecule has 1 aliphatic heterocycles. The van der Waals surface area contributed by atoms with Gasteiger partial charge >= 0.3 is 0 Å². The SMILES string of the molecule is CCCCNc1c(Br)cc2c3c(cccc13)C(=O)NC2=O. The molecule has 0 fully saturated rings. The summed E-state index contributed by atoms with van der Waals surface area (Å²) < 4.78 is 0.836. The van der Waals surface area contributed by atoms with Gasteiger partial charge in [0.25, 0.3) is 11.8 Å². The first kappa shape index (κ1) is 14.1. The fraction of sp³-hybridized carbons (Fsp3) is 0.250. The van der Waals surface area contributed by atoms with Crippen molar-refractivity contribution in [3.63, 3.8) is 0 Å². The van der Waals surface area contributed by atoms with Crippen molar-refractivity contribution in [2.45, 2.75) is 19.8 Å². The van der Waals surface area contributed by atoms with E-state index in [4.69, 9.17) is 0 Å². The minimum absolute atomic E-state index is 0.333. The Morgan fingerprint density at radius 3 is 2.71 bits per heavy atom. The molecule has 0 bridgehead atoms. The molecule has 0 aromatic heterocycles. The van der Waals surface area contributed by atoms with Crippen LogP contribution in [0.1, 0.15) is 40.5 Å². The summed E-state index contributed by atoms with van der Waals surface area (Å²) in [5, 5.41) is 7.40.